The van der Waals surface area contributed by atoms with Crippen molar-refractivity contribution < 1.29 is 15.0 Å². The Balaban J connectivity index is 2.51. The molecule has 4 nitrogen and oxygen atoms in total. The molecular formula is C10H8BrNO3. The maximum atomic E-state index is 10.3. The molecular weight excluding hydrogens is 262 g/mol. The predicted octanol–water partition coefficient (Wildman–Crippen LogP) is 2.19. The molecule has 0 spiro atoms. The summed E-state index contributed by atoms with van der Waals surface area (Å²) in [5, 5.41) is 18.8. The molecule has 1 aromatic rings. The Bertz CT molecular complexity index is 439. The molecule has 1 aromatic carbocycles. The van der Waals surface area contributed by atoms with E-state index < -0.39 is 5.54 Å². The van der Waals surface area contributed by atoms with Crippen molar-refractivity contribution in [1.29, 1.82) is 0 Å². The van der Waals surface area contributed by atoms with Crippen LogP contribution in [0, 0.1) is 0 Å². The van der Waals surface area contributed by atoms with E-state index in [1.807, 2.05) is 0 Å². The topological polar surface area (TPSA) is 69.9 Å². The second kappa shape index (κ2) is 3.36. The van der Waals surface area contributed by atoms with Gasteiger partial charge in [0.1, 0.15) is 0 Å². The van der Waals surface area contributed by atoms with Gasteiger partial charge in [-0.05, 0) is 46.5 Å². The second-order valence-electron chi connectivity index (χ2n) is 3.56. The van der Waals surface area contributed by atoms with E-state index >= 15 is 0 Å². The first-order valence-corrected chi connectivity index (χ1v) is 5.19. The third kappa shape index (κ3) is 1.64. The number of phenolic OH excluding ortho intramolecular Hbond substituents is 2. The zero-order valence-corrected chi connectivity index (χ0v) is 9.28. The van der Waals surface area contributed by atoms with E-state index in [2.05, 4.69) is 20.9 Å². The lowest BCUT2D eigenvalue weighted by Gasteiger charge is -2.10. The third-order valence-electron chi connectivity index (χ3n) is 2.56. The lowest BCUT2D eigenvalue weighted by molar-refractivity contribution is 0.400. The summed E-state index contributed by atoms with van der Waals surface area (Å²) in [4.78, 5) is 14.0. The van der Waals surface area contributed by atoms with E-state index in [0.717, 1.165) is 12.8 Å². The maximum absolute atomic E-state index is 10.3. The van der Waals surface area contributed by atoms with E-state index in [-0.39, 0.29) is 11.5 Å². The minimum absolute atomic E-state index is 0.204. The summed E-state index contributed by atoms with van der Waals surface area (Å²) in [7, 11) is 0. The number of aliphatic imine (C=N–C) groups is 1. The summed E-state index contributed by atoms with van der Waals surface area (Å²) < 4.78 is 0.393. The van der Waals surface area contributed by atoms with Gasteiger partial charge in [-0.15, -0.1) is 0 Å². The lowest BCUT2D eigenvalue weighted by atomic mass is 10.1. The molecule has 0 radical (unpaired) electrons. The third-order valence-corrected chi connectivity index (χ3v) is 3.17. The number of hydrogen-bond donors (Lipinski definition) is 2. The number of nitrogens with zero attached hydrogens (tertiary/aromatic N) is 1. The van der Waals surface area contributed by atoms with Crippen LogP contribution in [0.5, 0.6) is 11.5 Å². The van der Waals surface area contributed by atoms with Crippen molar-refractivity contribution in [2.75, 3.05) is 0 Å². The van der Waals surface area contributed by atoms with Gasteiger partial charge in [-0.1, -0.05) is 0 Å². The van der Waals surface area contributed by atoms with Crippen LogP contribution in [0.2, 0.25) is 0 Å². The van der Waals surface area contributed by atoms with E-state index in [4.69, 9.17) is 0 Å². The summed E-state index contributed by atoms with van der Waals surface area (Å²) in [6.07, 6.45) is 3.06. The zero-order valence-electron chi connectivity index (χ0n) is 7.70. The Hall–Kier alpha value is -1.32. The molecule has 15 heavy (non-hydrogen) atoms. The summed E-state index contributed by atoms with van der Waals surface area (Å²) in [5.41, 5.74) is 0.183. The highest BCUT2D eigenvalue weighted by Crippen LogP contribution is 2.51. The highest BCUT2D eigenvalue weighted by Gasteiger charge is 2.45. The summed E-state index contributed by atoms with van der Waals surface area (Å²) in [6.45, 7) is 0. The normalized spacial score (nSPS) is 16.9. The van der Waals surface area contributed by atoms with Gasteiger partial charge >= 0.3 is 0 Å². The highest BCUT2D eigenvalue weighted by molar-refractivity contribution is 9.10. The van der Waals surface area contributed by atoms with Crippen LogP contribution in [0.1, 0.15) is 18.4 Å². The van der Waals surface area contributed by atoms with E-state index in [0.29, 0.717) is 10.0 Å². The molecule has 1 fully saturated rings. The fourth-order valence-electron chi connectivity index (χ4n) is 1.52. The Kier molecular flexibility index (Phi) is 2.29. The molecule has 2 N–H and O–H groups in total. The molecule has 0 heterocycles. The molecule has 1 aliphatic carbocycles. The van der Waals surface area contributed by atoms with Crippen LogP contribution in [-0.4, -0.2) is 16.3 Å². The van der Waals surface area contributed by atoms with Crippen LogP contribution in [0.4, 0.5) is 0 Å². The number of isocyanates is 1. The minimum Gasteiger partial charge on any atom is -0.504 e. The summed E-state index contributed by atoms with van der Waals surface area (Å²) in [6, 6.07) is 3.08. The van der Waals surface area contributed by atoms with Crippen LogP contribution in [-0.2, 0) is 10.3 Å². The summed E-state index contributed by atoms with van der Waals surface area (Å²) >= 11 is 3.12. The standard InChI is InChI=1S/C10H8BrNO3/c11-7-3-6(4-8(14)9(7)15)10(1-2-10)12-5-13/h3-4,14-15H,1-2H2. The molecule has 0 unspecified atom stereocenters. The van der Waals surface area contributed by atoms with Crippen molar-refractivity contribution in [2.24, 2.45) is 4.99 Å². The average molecular weight is 270 g/mol. The number of halogens is 1. The second-order valence-corrected chi connectivity index (χ2v) is 4.41. The number of rotatable bonds is 2. The first-order chi connectivity index (χ1) is 7.09. The van der Waals surface area contributed by atoms with Crippen LogP contribution < -0.4 is 0 Å². The van der Waals surface area contributed by atoms with Gasteiger partial charge in [-0.25, -0.2) is 4.79 Å². The van der Waals surface area contributed by atoms with Crippen molar-refractivity contribution in [3.05, 3.63) is 22.2 Å². The Labute approximate surface area is 94.4 Å². The number of aromatic hydroxyl groups is 2. The molecule has 1 aliphatic rings. The number of carbonyl (C=O) groups excluding carboxylic acids is 1. The molecule has 78 valence electrons. The Morgan fingerprint density at radius 2 is 2.07 bits per heavy atom. The van der Waals surface area contributed by atoms with Gasteiger partial charge in [0.15, 0.2) is 11.5 Å². The quantitative estimate of drug-likeness (QED) is 0.491. The van der Waals surface area contributed by atoms with Gasteiger partial charge in [0.2, 0.25) is 6.08 Å². The van der Waals surface area contributed by atoms with Crippen molar-refractivity contribution >= 4 is 22.0 Å². The largest absolute Gasteiger partial charge is 0.504 e. The van der Waals surface area contributed by atoms with Gasteiger partial charge in [0.25, 0.3) is 0 Å². The monoisotopic (exact) mass is 269 g/mol. The number of phenols is 2. The Morgan fingerprint density at radius 3 is 2.53 bits per heavy atom. The molecule has 5 heteroatoms. The zero-order chi connectivity index (χ0) is 11.1. The maximum Gasteiger partial charge on any atom is 0.235 e. The predicted molar refractivity (Wildman–Crippen MR) is 56.5 cm³/mol. The van der Waals surface area contributed by atoms with Gasteiger partial charge < -0.3 is 10.2 Å². The van der Waals surface area contributed by atoms with Crippen LogP contribution in [0.25, 0.3) is 0 Å². The van der Waals surface area contributed by atoms with Crippen LogP contribution in [0.3, 0.4) is 0 Å². The van der Waals surface area contributed by atoms with Gasteiger partial charge in [0, 0.05) is 0 Å². The van der Waals surface area contributed by atoms with Crippen molar-refractivity contribution in [1.82, 2.24) is 0 Å². The molecule has 0 aromatic heterocycles. The molecule has 0 atom stereocenters. The van der Waals surface area contributed by atoms with Gasteiger partial charge in [-0.3, -0.25) is 0 Å². The fraction of sp³-hybridized carbons (Fsp3) is 0.300. The van der Waals surface area contributed by atoms with E-state index in [9.17, 15) is 15.0 Å². The fourth-order valence-corrected chi connectivity index (χ4v) is 1.97. The highest BCUT2D eigenvalue weighted by atomic mass is 79.9. The molecule has 0 bridgehead atoms. The molecule has 1 saturated carbocycles. The smallest absolute Gasteiger partial charge is 0.235 e. The van der Waals surface area contributed by atoms with Crippen LogP contribution in [0.15, 0.2) is 21.6 Å². The van der Waals surface area contributed by atoms with Crippen molar-refractivity contribution in [2.45, 2.75) is 18.4 Å². The SMILES string of the molecule is O=C=NC1(c2cc(O)c(O)c(Br)c2)CC1. The van der Waals surface area contributed by atoms with Gasteiger partial charge in [-0.2, -0.15) is 4.99 Å². The number of benzene rings is 1. The summed E-state index contributed by atoms with van der Waals surface area (Å²) in [5.74, 6) is -0.420. The van der Waals surface area contributed by atoms with E-state index in [1.165, 1.54) is 12.1 Å². The van der Waals surface area contributed by atoms with E-state index in [1.54, 1.807) is 6.07 Å². The number of hydrogen-bond acceptors (Lipinski definition) is 4. The van der Waals surface area contributed by atoms with Crippen LogP contribution >= 0.6 is 15.9 Å². The molecule has 2 rings (SSSR count). The first-order valence-electron chi connectivity index (χ1n) is 4.40. The first kappa shape index (κ1) is 10.2. The molecule has 0 aliphatic heterocycles. The Morgan fingerprint density at radius 1 is 1.40 bits per heavy atom. The minimum atomic E-state index is -0.532. The van der Waals surface area contributed by atoms with Gasteiger partial charge in [0.05, 0.1) is 10.0 Å². The molecule has 0 amide bonds. The van der Waals surface area contributed by atoms with Crippen molar-refractivity contribution in [3.8, 4) is 11.5 Å². The molecule has 0 saturated heterocycles. The lowest BCUT2D eigenvalue weighted by Crippen LogP contribution is -2.01. The average Bonchev–Trinajstić information content (AvgIpc) is 2.95. The van der Waals surface area contributed by atoms with Crippen molar-refractivity contribution in [3.63, 3.8) is 0 Å².